The molecule has 0 fully saturated rings. The highest BCUT2D eigenvalue weighted by Crippen LogP contribution is 2.43. The molecular formula is C15H18BrCl2FN2S. The molecule has 0 saturated heterocycles. The second-order valence-corrected chi connectivity index (χ2v) is 7.47. The van der Waals surface area contributed by atoms with Crippen LogP contribution in [0.2, 0.25) is 0 Å². The standard InChI is InChI=1S/C13H12BrCl2FN2S.C2H6/c1-6(11-8(15)2-3-9(17)12(11)16)20-10-4-7(14)5-19-13(10)18;1-2/h4-6H,2-3H2,1H3,(H2,18,19);1-2H3. The minimum absolute atomic E-state index is 0.112. The Labute approximate surface area is 153 Å². The second-order valence-electron chi connectivity index (χ2n) is 4.33. The third-order valence-corrected chi connectivity index (χ3v) is 5.29. The molecule has 0 saturated carbocycles. The number of nitrogen functional groups attached to an aromatic ring is 1. The van der Waals surface area contributed by atoms with E-state index in [1.165, 1.54) is 11.8 Å². The maximum Gasteiger partial charge on any atom is 0.137 e. The first-order valence-corrected chi connectivity index (χ1v) is 9.33. The summed E-state index contributed by atoms with van der Waals surface area (Å²) in [5, 5.41) is 0.625. The lowest BCUT2D eigenvalue weighted by Crippen LogP contribution is -2.09. The molecule has 1 aromatic rings. The van der Waals surface area contributed by atoms with Gasteiger partial charge in [-0.05, 0) is 35.3 Å². The van der Waals surface area contributed by atoms with E-state index in [2.05, 4.69) is 20.9 Å². The third-order valence-electron chi connectivity index (χ3n) is 2.89. The molecule has 1 heterocycles. The summed E-state index contributed by atoms with van der Waals surface area (Å²) in [6.07, 6.45) is 2.37. The fourth-order valence-corrected chi connectivity index (χ4v) is 4.42. The number of hydrogen-bond acceptors (Lipinski definition) is 3. The van der Waals surface area contributed by atoms with E-state index in [-0.39, 0.29) is 22.5 Å². The molecule has 0 bridgehead atoms. The first-order valence-electron chi connectivity index (χ1n) is 6.91. The lowest BCUT2D eigenvalue weighted by Gasteiger charge is -2.21. The number of allylic oxidation sites excluding steroid dienone is 3. The Morgan fingerprint density at radius 2 is 2.00 bits per heavy atom. The van der Waals surface area contributed by atoms with Crippen LogP contribution >= 0.6 is 50.9 Å². The highest BCUT2D eigenvalue weighted by atomic mass is 79.9. The SMILES string of the molecule is CC.CC(Sc1cc(Br)cnc1N)C1=C(Cl)CCC(F)=C1Cl. The summed E-state index contributed by atoms with van der Waals surface area (Å²) in [4.78, 5) is 4.88. The van der Waals surface area contributed by atoms with Gasteiger partial charge < -0.3 is 5.73 Å². The molecule has 1 unspecified atom stereocenters. The van der Waals surface area contributed by atoms with Gasteiger partial charge in [-0.1, -0.05) is 37.0 Å². The monoisotopic (exact) mass is 426 g/mol. The van der Waals surface area contributed by atoms with E-state index >= 15 is 0 Å². The van der Waals surface area contributed by atoms with Crippen LogP contribution in [0.4, 0.5) is 10.2 Å². The van der Waals surface area contributed by atoms with Crippen LogP contribution in [0.5, 0.6) is 0 Å². The van der Waals surface area contributed by atoms with Crippen LogP contribution in [0.25, 0.3) is 0 Å². The number of hydrogen-bond donors (Lipinski definition) is 1. The fourth-order valence-electron chi connectivity index (χ4n) is 1.90. The molecule has 2 N–H and O–H groups in total. The van der Waals surface area contributed by atoms with Gasteiger partial charge in [0.2, 0.25) is 0 Å². The van der Waals surface area contributed by atoms with E-state index in [9.17, 15) is 4.39 Å². The molecule has 22 heavy (non-hydrogen) atoms. The lowest BCUT2D eigenvalue weighted by molar-refractivity contribution is 0.578. The molecule has 1 aliphatic carbocycles. The Bertz CT molecular complexity index is 605. The molecule has 2 rings (SSSR count). The van der Waals surface area contributed by atoms with E-state index in [1.807, 2.05) is 26.8 Å². The van der Waals surface area contributed by atoms with Crippen molar-refractivity contribution in [2.75, 3.05) is 5.73 Å². The predicted molar refractivity (Wildman–Crippen MR) is 99.1 cm³/mol. The van der Waals surface area contributed by atoms with Crippen molar-refractivity contribution < 1.29 is 4.39 Å². The molecule has 0 radical (unpaired) electrons. The van der Waals surface area contributed by atoms with Crippen molar-refractivity contribution in [1.29, 1.82) is 0 Å². The number of pyridine rings is 1. The van der Waals surface area contributed by atoms with Crippen molar-refractivity contribution in [3.63, 3.8) is 0 Å². The summed E-state index contributed by atoms with van der Waals surface area (Å²) in [7, 11) is 0. The molecule has 7 heteroatoms. The molecule has 0 spiro atoms. The normalized spacial score (nSPS) is 16.3. The van der Waals surface area contributed by atoms with Crippen molar-refractivity contribution >= 4 is 56.7 Å². The van der Waals surface area contributed by atoms with E-state index in [0.29, 0.717) is 22.8 Å². The Balaban J connectivity index is 0.00000116. The van der Waals surface area contributed by atoms with E-state index < -0.39 is 0 Å². The smallest absolute Gasteiger partial charge is 0.137 e. The van der Waals surface area contributed by atoms with E-state index in [1.54, 1.807) is 6.20 Å². The molecule has 2 nitrogen and oxygen atoms in total. The molecule has 1 aromatic heterocycles. The zero-order valence-electron chi connectivity index (χ0n) is 12.6. The molecule has 122 valence electrons. The first kappa shape index (κ1) is 19.8. The molecule has 0 aliphatic heterocycles. The van der Waals surface area contributed by atoms with Gasteiger partial charge >= 0.3 is 0 Å². The number of anilines is 1. The summed E-state index contributed by atoms with van der Waals surface area (Å²) in [6.45, 7) is 5.92. The zero-order chi connectivity index (χ0) is 16.9. The number of aromatic nitrogens is 1. The maximum atomic E-state index is 13.6. The Morgan fingerprint density at radius 1 is 1.36 bits per heavy atom. The molecular weight excluding hydrogens is 410 g/mol. The molecule has 1 atom stereocenters. The number of nitrogens with zero attached hydrogens (tertiary/aromatic N) is 1. The van der Waals surface area contributed by atoms with Crippen molar-refractivity contribution in [2.24, 2.45) is 0 Å². The topological polar surface area (TPSA) is 38.9 Å². The Morgan fingerprint density at radius 3 is 2.64 bits per heavy atom. The van der Waals surface area contributed by atoms with Gasteiger partial charge in [-0.2, -0.15) is 0 Å². The van der Waals surface area contributed by atoms with Crippen LogP contribution in [-0.2, 0) is 0 Å². The fraction of sp³-hybridized carbons (Fsp3) is 0.400. The van der Waals surface area contributed by atoms with Gasteiger partial charge in [0, 0.05) is 32.9 Å². The Hall–Kier alpha value is -0.230. The van der Waals surface area contributed by atoms with Crippen LogP contribution in [0.1, 0.15) is 33.6 Å². The molecule has 0 amide bonds. The van der Waals surface area contributed by atoms with Gasteiger partial charge in [0.1, 0.15) is 11.6 Å². The predicted octanol–water partition coefficient (Wildman–Crippen LogP) is 6.64. The van der Waals surface area contributed by atoms with Crippen molar-refractivity contribution in [2.45, 2.75) is 43.8 Å². The highest BCUT2D eigenvalue weighted by molar-refractivity contribution is 9.10. The largest absolute Gasteiger partial charge is 0.383 e. The van der Waals surface area contributed by atoms with Gasteiger partial charge in [0.05, 0.1) is 9.93 Å². The van der Waals surface area contributed by atoms with E-state index in [4.69, 9.17) is 28.9 Å². The van der Waals surface area contributed by atoms with Crippen LogP contribution in [0.3, 0.4) is 0 Å². The highest BCUT2D eigenvalue weighted by Gasteiger charge is 2.25. The van der Waals surface area contributed by atoms with Gasteiger partial charge in [-0.15, -0.1) is 11.8 Å². The maximum absolute atomic E-state index is 13.6. The van der Waals surface area contributed by atoms with Crippen molar-refractivity contribution in [1.82, 2.24) is 4.98 Å². The van der Waals surface area contributed by atoms with E-state index in [0.717, 1.165) is 9.37 Å². The van der Waals surface area contributed by atoms with Gasteiger partial charge in [0.15, 0.2) is 0 Å². The number of halogens is 4. The van der Waals surface area contributed by atoms with Crippen LogP contribution in [-0.4, -0.2) is 10.2 Å². The summed E-state index contributed by atoms with van der Waals surface area (Å²) in [6, 6.07) is 1.87. The number of thioether (sulfide) groups is 1. The summed E-state index contributed by atoms with van der Waals surface area (Å²) in [5.41, 5.74) is 6.48. The minimum atomic E-state index is -0.307. The Kier molecular flexibility index (Phi) is 8.25. The van der Waals surface area contributed by atoms with Crippen molar-refractivity contribution in [3.8, 4) is 0 Å². The van der Waals surface area contributed by atoms with Crippen LogP contribution < -0.4 is 5.73 Å². The average molecular weight is 428 g/mol. The van der Waals surface area contributed by atoms with Crippen LogP contribution in [0.15, 0.2) is 43.1 Å². The lowest BCUT2D eigenvalue weighted by atomic mass is 10.0. The summed E-state index contributed by atoms with van der Waals surface area (Å²) in [5.74, 6) is 0.122. The van der Waals surface area contributed by atoms with Gasteiger partial charge in [0.25, 0.3) is 0 Å². The first-order chi connectivity index (χ1) is 10.4. The zero-order valence-corrected chi connectivity index (χ0v) is 16.5. The number of nitrogens with two attached hydrogens (primary N) is 1. The van der Waals surface area contributed by atoms with Crippen LogP contribution in [0, 0.1) is 0 Å². The minimum Gasteiger partial charge on any atom is -0.383 e. The third kappa shape index (κ3) is 4.88. The van der Waals surface area contributed by atoms with Gasteiger partial charge in [-0.3, -0.25) is 0 Å². The van der Waals surface area contributed by atoms with Crippen molar-refractivity contribution in [3.05, 3.63) is 38.2 Å². The number of rotatable bonds is 3. The summed E-state index contributed by atoms with van der Waals surface area (Å²) >= 11 is 17.1. The molecule has 1 aliphatic rings. The van der Waals surface area contributed by atoms with Gasteiger partial charge in [-0.25, -0.2) is 9.37 Å². The average Bonchev–Trinajstić information content (AvgIpc) is 2.49. The molecule has 0 aromatic carbocycles. The quantitative estimate of drug-likeness (QED) is 0.549. The second kappa shape index (κ2) is 9.16. The summed E-state index contributed by atoms with van der Waals surface area (Å²) < 4.78 is 14.5.